The lowest BCUT2D eigenvalue weighted by atomic mass is 10.2. The fraction of sp³-hybridized carbons (Fsp3) is 0.350. The van der Waals surface area contributed by atoms with Gasteiger partial charge in [-0.3, -0.25) is 9.10 Å². The van der Waals surface area contributed by atoms with E-state index in [4.69, 9.17) is 0 Å². The smallest absolute Gasteiger partial charge is 0.247 e. The SMILES string of the molecule is C[C@H](C(=O)Nc1ccc(N2CCCC2)cc1)N(c1ccc(F)cc1)S(C)(=O)=O. The number of carbonyl (C=O) groups is 1. The molecule has 2 aromatic rings. The van der Waals surface area contributed by atoms with Crippen LogP contribution in [0.3, 0.4) is 0 Å². The molecule has 1 saturated heterocycles. The van der Waals surface area contributed by atoms with Gasteiger partial charge in [0.1, 0.15) is 11.9 Å². The molecule has 0 unspecified atom stereocenters. The third kappa shape index (κ3) is 4.62. The molecule has 1 N–H and O–H groups in total. The molecule has 1 aliphatic heterocycles. The summed E-state index contributed by atoms with van der Waals surface area (Å²) in [4.78, 5) is 15.0. The monoisotopic (exact) mass is 405 g/mol. The number of carbonyl (C=O) groups excluding carboxylic acids is 1. The second kappa shape index (κ2) is 8.18. The Morgan fingerprint density at radius 1 is 1.07 bits per heavy atom. The van der Waals surface area contributed by atoms with Crippen molar-refractivity contribution in [1.82, 2.24) is 0 Å². The van der Waals surface area contributed by atoms with Gasteiger partial charge in [-0.05, 0) is 68.3 Å². The first kappa shape index (κ1) is 20.1. The van der Waals surface area contributed by atoms with E-state index in [0.29, 0.717) is 5.69 Å². The molecule has 0 spiro atoms. The minimum Gasteiger partial charge on any atom is -0.372 e. The Bertz CT molecular complexity index is 924. The van der Waals surface area contributed by atoms with Crippen molar-refractivity contribution in [2.24, 2.45) is 0 Å². The van der Waals surface area contributed by atoms with Crippen LogP contribution in [0.25, 0.3) is 0 Å². The molecule has 1 atom stereocenters. The Hall–Kier alpha value is -2.61. The van der Waals surface area contributed by atoms with Crippen molar-refractivity contribution in [2.75, 3.05) is 33.9 Å². The Labute approximate surface area is 165 Å². The predicted octanol–water partition coefficient (Wildman–Crippen LogP) is 3.22. The number of hydrogen-bond donors (Lipinski definition) is 1. The lowest BCUT2D eigenvalue weighted by Crippen LogP contribution is -2.45. The summed E-state index contributed by atoms with van der Waals surface area (Å²) in [5.74, 6) is -0.948. The van der Waals surface area contributed by atoms with Crippen LogP contribution < -0.4 is 14.5 Å². The van der Waals surface area contributed by atoms with Crippen LogP contribution in [0.2, 0.25) is 0 Å². The van der Waals surface area contributed by atoms with Gasteiger partial charge in [0.05, 0.1) is 11.9 Å². The molecule has 0 radical (unpaired) electrons. The maximum atomic E-state index is 13.2. The van der Waals surface area contributed by atoms with Gasteiger partial charge in [-0.25, -0.2) is 12.8 Å². The Morgan fingerprint density at radius 3 is 2.18 bits per heavy atom. The highest BCUT2D eigenvalue weighted by Gasteiger charge is 2.29. The van der Waals surface area contributed by atoms with E-state index >= 15 is 0 Å². The van der Waals surface area contributed by atoms with E-state index in [9.17, 15) is 17.6 Å². The predicted molar refractivity (Wildman–Crippen MR) is 110 cm³/mol. The highest BCUT2D eigenvalue weighted by atomic mass is 32.2. The van der Waals surface area contributed by atoms with Crippen molar-refractivity contribution in [3.63, 3.8) is 0 Å². The molecule has 0 aromatic heterocycles. The summed E-state index contributed by atoms with van der Waals surface area (Å²) >= 11 is 0. The van der Waals surface area contributed by atoms with Gasteiger partial charge in [-0.15, -0.1) is 0 Å². The van der Waals surface area contributed by atoms with Crippen molar-refractivity contribution in [1.29, 1.82) is 0 Å². The van der Waals surface area contributed by atoms with Crippen LogP contribution >= 0.6 is 0 Å². The highest BCUT2D eigenvalue weighted by Crippen LogP contribution is 2.24. The highest BCUT2D eigenvalue weighted by molar-refractivity contribution is 7.92. The van der Waals surface area contributed by atoms with Gasteiger partial charge in [-0.1, -0.05) is 0 Å². The fourth-order valence-electron chi connectivity index (χ4n) is 3.37. The molecule has 0 bridgehead atoms. The molecule has 2 aromatic carbocycles. The summed E-state index contributed by atoms with van der Waals surface area (Å²) in [5.41, 5.74) is 1.93. The molecule has 1 heterocycles. The number of nitrogens with zero attached hydrogens (tertiary/aromatic N) is 2. The zero-order valence-electron chi connectivity index (χ0n) is 15.9. The zero-order chi connectivity index (χ0) is 20.3. The van der Waals surface area contributed by atoms with E-state index in [1.165, 1.54) is 31.9 Å². The first-order valence-electron chi connectivity index (χ1n) is 9.16. The quantitative estimate of drug-likeness (QED) is 0.801. The molecule has 3 rings (SSSR count). The van der Waals surface area contributed by atoms with Crippen LogP contribution in [0.5, 0.6) is 0 Å². The number of sulfonamides is 1. The molecular weight excluding hydrogens is 381 g/mol. The van der Waals surface area contributed by atoms with Crippen molar-refractivity contribution in [3.05, 3.63) is 54.3 Å². The summed E-state index contributed by atoms with van der Waals surface area (Å²) in [6.07, 6.45) is 3.38. The van der Waals surface area contributed by atoms with Crippen LogP contribution in [-0.2, 0) is 14.8 Å². The van der Waals surface area contributed by atoms with E-state index in [1.807, 2.05) is 12.1 Å². The topological polar surface area (TPSA) is 69.7 Å². The molecular formula is C20H24FN3O3S. The molecule has 28 heavy (non-hydrogen) atoms. The van der Waals surface area contributed by atoms with Gasteiger partial charge in [0, 0.05) is 24.5 Å². The Balaban J connectivity index is 1.75. The van der Waals surface area contributed by atoms with Gasteiger partial charge in [0.2, 0.25) is 15.9 Å². The summed E-state index contributed by atoms with van der Waals surface area (Å²) in [6, 6.07) is 11.5. The van der Waals surface area contributed by atoms with Crippen molar-refractivity contribution in [3.8, 4) is 0 Å². The first-order valence-corrected chi connectivity index (χ1v) is 11.0. The Kier molecular flexibility index (Phi) is 5.88. The standard InChI is InChI=1S/C20H24FN3O3S/c1-15(24(28(2,26)27)19-9-5-16(21)6-10-19)20(25)22-17-7-11-18(12-8-17)23-13-3-4-14-23/h5-12,15H,3-4,13-14H2,1-2H3,(H,22,25)/t15-/m1/s1. The normalized spacial score (nSPS) is 15.3. The second-order valence-corrected chi connectivity index (χ2v) is 8.80. The molecule has 150 valence electrons. The first-order chi connectivity index (χ1) is 13.3. The van der Waals surface area contributed by atoms with Gasteiger partial charge >= 0.3 is 0 Å². The third-order valence-electron chi connectivity index (χ3n) is 4.78. The number of benzene rings is 2. The van der Waals surface area contributed by atoms with Crippen LogP contribution in [0, 0.1) is 5.82 Å². The number of nitrogens with one attached hydrogen (secondary N) is 1. The van der Waals surface area contributed by atoms with Crippen LogP contribution in [0.15, 0.2) is 48.5 Å². The van der Waals surface area contributed by atoms with Gasteiger partial charge in [-0.2, -0.15) is 0 Å². The average Bonchev–Trinajstić information content (AvgIpc) is 3.17. The number of hydrogen-bond acceptors (Lipinski definition) is 4. The lowest BCUT2D eigenvalue weighted by Gasteiger charge is -2.28. The van der Waals surface area contributed by atoms with E-state index in [0.717, 1.165) is 41.5 Å². The third-order valence-corrected chi connectivity index (χ3v) is 6.02. The molecule has 6 nitrogen and oxygen atoms in total. The molecule has 0 saturated carbocycles. The maximum absolute atomic E-state index is 13.2. The summed E-state index contributed by atoms with van der Waals surface area (Å²) in [6.45, 7) is 3.56. The van der Waals surface area contributed by atoms with E-state index in [-0.39, 0.29) is 5.69 Å². The summed E-state index contributed by atoms with van der Waals surface area (Å²) < 4.78 is 38.7. The minimum atomic E-state index is -3.74. The molecule has 0 aliphatic carbocycles. The van der Waals surface area contributed by atoms with Gasteiger partial charge < -0.3 is 10.2 Å². The molecule has 1 amide bonds. The summed E-state index contributed by atoms with van der Waals surface area (Å²) in [7, 11) is -3.74. The minimum absolute atomic E-state index is 0.232. The van der Waals surface area contributed by atoms with Crippen molar-refractivity contribution >= 4 is 33.0 Å². The van der Waals surface area contributed by atoms with E-state index < -0.39 is 27.8 Å². The van der Waals surface area contributed by atoms with Crippen molar-refractivity contribution < 1.29 is 17.6 Å². The van der Waals surface area contributed by atoms with Crippen LogP contribution in [0.4, 0.5) is 21.5 Å². The Morgan fingerprint density at radius 2 is 1.64 bits per heavy atom. The van der Waals surface area contributed by atoms with Gasteiger partial charge in [0.15, 0.2) is 0 Å². The molecule has 1 aliphatic rings. The largest absolute Gasteiger partial charge is 0.372 e. The van der Waals surface area contributed by atoms with Crippen LogP contribution in [0.1, 0.15) is 19.8 Å². The average molecular weight is 405 g/mol. The fourth-order valence-corrected chi connectivity index (χ4v) is 4.55. The molecule has 8 heteroatoms. The molecule has 1 fully saturated rings. The number of halogens is 1. The number of rotatable bonds is 6. The number of anilines is 3. The van der Waals surface area contributed by atoms with Gasteiger partial charge in [0.25, 0.3) is 0 Å². The summed E-state index contributed by atoms with van der Waals surface area (Å²) in [5, 5.41) is 2.76. The number of amides is 1. The van der Waals surface area contributed by atoms with Crippen LogP contribution in [-0.4, -0.2) is 39.7 Å². The van der Waals surface area contributed by atoms with Crippen molar-refractivity contribution in [2.45, 2.75) is 25.8 Å². The lowest BCUT2D eigenvalue weighted by molar-refractivity contribution is -0.116. The zero-order valence-corrected chi connectivity index (χ0v) is 16.7. The second-order valence-electron chi connectivity index (χ2n) is 6.94. The van der Waals surface area contributed by atoms with E-state index in [1.54, 1.807) is 12.1 Å². The van der Waals surface area contributed by atoms with E-state index in [2.05, 4.69) is 10.2 Å². The maximum Gasteiger partial charge on any atom is 0.247 e.